The van der Waals surface area contributed by atoms with E-state index >= 15 is 0 Å². The fraction of sp³-hybridized carbons (Fsp3) is 0.318. The maximum atomic E-state index is 5.29. The lowest BCUT2D eigenvalue weighted by molar-refractivity contribution is 0.252. The number of hydrogen-bond acceptors (Lipinski definition) is 3. The van der Waals surface area contributed by atoms with Crippen LogP contribution in [0.25, 0.3) is 22.9 Å². The minimum absolute atomic E-state index is 0.854. The number of ether oxygens (including phenoxy) is 1. The summed E-state index contributed by atoms with van der Waals surface area (Å²) in [5.74, 6) is 0.854. The molecule has 0 N–H and O–H groups in total. The molecule has 4 nitrogen and oxygen atoms in total. The highest BCUT2D eigenvalue weighted by molar-refractivity contribution is 9.10. The Morgan fingerprint density at radius 2 is 1.89 bits per heavy atom. The molecule has 3 heterocycles. The molecule has 1 aliphatic heterocycles. The van der Waals surface area contributed by atoms with Crippen LogP contribution in [0.3, 0.4) is 0 Å². The fourth-order valence-corrected chi connectivity index (χ4v) is 3.96. The van der Waals surface area contributed by atoms with E-state index in [0.29, 0.717) is 0 Å². The Morgan fingerprint density at radius 3 is 2.63 bits per heavy atom. The smallest absolute Gasteiger partial charge is 0.118 e. The number of likely N-dealkylation sites (tertiary alicyclic amines) is 1. The molecule has 0 saturated carbocycles. The third-order valence-electron chi connectivity index (χ3n) is 5.10. The molecule has 0 unspecified atom stereocenters. The summed E-state index contributed by atoms with van der Waals surface area (Å²) in [7, 11) is 1.69. The molecule has 0 amide bonds. The van der Waals surface area contributed by atoms with E-state index in [4.69, 9.17) is 9.84 Å². The molecule has 0 radical (unpaired) electrons. The van der Waals surface area contributed by atoms with Gasteiger partial charge in [-0.3, -0.25) is 4.90 Å². The van der Waals surface area contributed by atoms with Crippen LogP contribution in [0.2, 0.25) is 0 Å². The molecule has 5 heteroatoms. The Bertz CT molecular complexity index is 940. The molecule has 2 aromatic heterocycles. The monoisotopic (exact) mass is 425 g/mol. The Morgan fingerprint density at radius 1 is 1.11 bits per heavy atom. The summed E-state index contributed by atoms with van der Waals surface area (Å²) < 4.78 is 8.30. The van der Waals surface area contributed by atoms with Gasteiger partial charge in [0.25, 0.3) is 0 Å². The van der Waals surface area contributed by atoms with Crippen LogP contribution in [0.15, 0.2) is 53.1 Å². The lowest BCUT2D eigenvalue weighted by Crippen LogP contribution is -2.29. The number of aromatic nitrogens is 2. The van der Waals surface area contributed by atoms with Crippen molar-refractivity contribution < 1.29 is 4.74 Å². The number of halogens is 1. The second-order valence-corrected chi connectivity index (χ2v) is 7.84. The van der Waals surface area contributed by atoms with Crippen LogP contribution in [-0.2, 0) is 0 Å². The molecule has 0 bridgehead atoms. The highest BCUT2D eigenvalue weighted by Crippen LogP contribution is 2.30. The van der Waals surface area contributed by atoms with Crippen LogP contribution in [0, 0.1) is 0 Å². The second-order valence-electron chi connectivity index (χ2n) is 6.93. The topological polar surface area (TPSA) is 29.8 Å². The summed E-state index contributed by atoms with van der Waals surface area (Å²) in [6, 6.07) is 12.2. The predicted molar refractivity (Wildman–Crippen MR) is 114 cm³/mol. The SMILES string of the molecule is COc1ccc(-c2nn3ccc(Br)cc3c2/C=C/CN2CCCCC2)cc1. The molecular weight excluding hydrogens is 402 g/mol. The Kier molecular flexibility index (Phi) is 5.60. The van der Waals surface area contributed by atoms with Crippen molar-refractivity contribution in [2.75, 3.05) is 26.7 Å². The number of pyridine rings is 1. The van der Waals surface area contributed by atoms with E-state index in [1.165, 1.54) is 32.4 Å². The Hall–Kier alpha value is -2.11. The molecule has 0 spiro atoms. The summed E-state index contributed by atoms with van der Waals surface area (Å²) in [6.45, 7) is 3.40. The van der Waals surface area contributed by atoms with E-state index in [1.807, 2.05) is 28.9 Å². The highest BCUT2D eigenvalue weighted by Gasteiger charge is 2.14. The highest BCUT2D eigenvalue weighted by atomic mass is 79.9. The van der Waals surface area contributed by atoms with Gasteiger partial charge >= 0.3 is 0 Å². The minimum Gasteiger partial charge on any atom is -0.497 e. The van der Waals surface area contributed by atoms with Crippen molar-refractivity contribution in [2.24, 2.45) is 0 Å². The zero-order valence-electron chi connectivity index (χ0n) is 15.6. The number of hydrogen-bond donors (Lipinski definition) is 0. The van der Waals surface area contributed by atoms with Crippen molar-refractivity contribution in [3.05, 3.63) is 58.7 Å². The second kappa shape index (κ2) is 8.28. The van der Waals surface area contributed by atoms with Crippen molar-refractivity contribution in [3.8, 4) is 17.0 Å². The van der Waals surface area contributed by atoms with E-state index in [2.05, 4.69) is 51.2 Å². The van der Waals surface area contributed by atoms with Crippen LogP contribution < -0.4 is 4.74 Å². The predicted octanol–water partition coefficient (Wildman–Crippen LogP) is 5.27. The molecule has 1 aromatic carbocycles. The van der Waals surface area contributed by atoms with Crippen molar-refractivity contribution in [2.45, 2.75) is 19.3 Å². The van der Waals surface area contributed by atoms with Gasteiger partial charge in [-0.05, 0) is 62.3 Å². The third-order valence-corrected chi connectivity index (χ3v) is 5.59. The largest absolute Gasteiger partial charge is 0.497 e. The van der Waals surface area contributed by atoms with E-state index in [-0.39, 0.29) is 0 Å². The van der Waals surface area contributed by atoms with Crippen LogP contribution in [0.5, 0.6) is 5.75 Å². The van der Waals surface area contributed by atoms with E-state index < -0.39 is 0 Å². The first-order valence-electron chi connectivity index (χ1n) is 9.46. The number of benzene rings is 1. The molecule has 3 aromatic rings. The van der Waals surface area contributed by atoms with Gasteiger partial charge in [-0.25, -0.2) is 4.52 Å². The summed E-state index contributed by atoms with van der Waals surface area (Å²) in [5, 5.41) is 4.84. The summed E-state index contributed by atoms with van der Waals surface area (Å²) in [4.78, 5) is 2.52. The number of nitrogens with zero attached hydrogens (tertiary/aromatic N) is 3. The summed E-state index contributed by atoms with van der Waals surface area (Å²) in [6.07, 6.45) is 10.5. The quantitative estimate of drug-likeness (QED) is 0.557. The van der Waals surface area contributed by atoms with Gasteiger partial charge in [-0.1, -0.05) is 34.5 Å². The number of methoxy groups -OCH3 is 1. The van der Waals surface area contributed by atoms with Gasteiger partial charge < -0.3 is 4.74 Å². The Labute approximate surface area is 168 Å². The number of piperidine rings is 1. The lowest BCUT2D eigenvalue weighted by Gasteiger charge is -2.24. The van der Waals surface area contributed by atoms with Gasteiger partial charge in [-0.2, -0.15) is 5.10 Å². The first-order valence-corrected chi connectivity index (χ1v) is 10.2. The van der Waals surface area contributed by atoms with Gasteiger partial charge in [0.1, 0.15) is 11.4 Å². The zero-order chi connectivity index (χ0) is 18.6. The molecule has 1 aliphatic rings. The average molecular weight is 426 g/mol. The molecule has 0 atom stereocenters. The summed E-state index contributed by atoms with van der Waals surface area (Å²) >= 11 is 3.59. The van der Waals surface area contributed by atoms with Gasteiger partial charge in [0, 0.05) is 28.3 Å². The van der Waals surface area contributed by atoms with E-state index in [9.17, 15) is 0 Å². The number of rotatable bonds is 5. The molecule has 4 rings (SSSR count). The number of fused-ring (bicyclic) bond motifs is 1. The van der Waals surface area contributed by atoms with E-state index in [1.54, 1.807) is 7.11 Å². The lowest BCUT2D eigenvalue weighted by atomic mass is 10.1. The van der Waals surface area contributed by atoms with Crippen LogP contribution in [-0.4, -0.2) is 41.3 Å². The zero-order valence-corrected chi connectivity index (χ0v) is 17.2. The van der Waals surface area contributed by atoms with Crippen LogP contribution in [0.1, 0.15) is 24.8 Å². The molecule has 27 heavy (non-hydrogen) atoms. The average Bonchev–Trinajstić information content (AvgIpc) is 3.07. The summed E-state index contributed by atoms with van der Waals surface area (Å²) in [5.41, 5.74) is 4.34. The minimum atomic E-state index is 0.854. The Balaban J connectivity index is 1.70. The van der Waals surface area contributed by atoms with Gasteiger partial charge in [-0.15, -0.1) is 0 Å². The molecule has 0 aliphatic carbocycles. The van der Waals surface area contributed by atoms with Crippen LogP contribution in [0.4, 0.5) is 0 Å². The van der Waals surface area contributed by atoms with Gasteiger partial charge in [0.15, 0.2) is 0 Å². The van der Waals surface area contributed by atoms with Crippen molar-refractivity contribution >= 4 is 27.5 Å². The maximum Gasteiger partial charge on any atom is 0.118 e. The molecule has 1 fully saturated rings. The normalized spacial score (nSPS) is 15.6. The van der Waals surface area contributed by atoms with Gasteiger partial charge in [0.05, 0.1) is 12.6 Å². The van der Waals surface area contributed by atoms with Crippen molar-refractivity contribution in [3.63, 3.8) is 0 Å². The van der Waals surface area contributed by atoms with Crippen molar-refractivity contribution in [1.29, 1.82) is 0 Å². The van der Waals surface area contributed by atoms with Gasteiger partial charge in [0.2, 0.25) is 0 Å². The van der Waals surface area contributed by atoms with E-state index in [0.717, 1.165) is 39.1 Å². The first-order chi connectivity index (χ1) is 13.2. The third kappa shape index (κ3) is 4.09. The molecular formula is C22H24BrN3O. The standard InChI is InChI=1S/C22H24BrN3O/c1-27-19-9-7-17(8-10-19)22-20(6-5-14-25-12-3-2-4-13-25)21-16-18(23)11-15-26(21)24-22/h5-11,15-16H,2-4,12-14H2,1H3/b6-5+. The maximum absolute atomic E-state index is 5.29. The van der Waals surface area contributed by atoms with Crippen LogP contribution >= 0.6 is 15.9 Å². The van der Waals surface area contributed by atoms with Crippen molar-refractivity contribution in [1.82, 2.24) is 14.5 Å². The fourth-order valence-electron chi connectivity index (χ4n) is 3.63. The molecule has 1 saturated heterocycles. The molecule has 140 valence electrons. The first kappa shape index (κ1) is 18.3.